The summed E-state index contributed by atoms with van der Waals surface area (Å²) < 4.78 is 16.6. The van der Waals surface area contributed by atoms with Crippen LogP contribution in [0.1, 0.15) is 49.8 Å². The van der Waals surface area contributed by atoms with Crippen molar-refractivity contribution >= 4 is 5.91 Å². The van der Waals surface area contributed by atoms with Crippen LogP contribution < -0.4 is 14.2 Å². The molecule has 5 heteroatoms. The van der Waals surface area contributed by atoms with Crippen LogP contribution in [0.15, 0.2) is 42.5 Å². The van der Waals surface area contributed by atoms with Crippen LogP contribution in [0.5, 0.6) is 17.2 Å². The summed E-state index contributed by atoms with van der Waals surface area (Å²) in [4.78, 5) is 14.7. The molecule has 5 nitrogen and oxygen atoms in total. The van der Waals surface area contributed by atoms with Gasteiger partial charge in [-0.25, -0.2) is 0 Å². The molecule has 0 bridgehead atoms. The van der Waals surface area contributed by atoms with E-state index in [4.69, 9.17) is 14.2 Å². The minimum atomic E-state index is -0.0236. The van der Waals surface area contributed by atoms with E-state index in [1.165, 1.54) is 5.56 Å². The Morgan fingerprint density at radius 1 is 1.07 bits per heavy atom. The van der Waals surface area contributed by atoms with E-state index in [9.17, 15) is 4.79 Å². The van der Waals surface area contributed by atoms with Gasteiger partial charge in [-0.15, -0.1) is 0 Å². The molecule has 1 saturated heterocycles. The van der Waals surface area contributed by atoms with Gasteiger partial charge in [0.05, 0.1) is 20.3 Å². The first-order chi connectivity index (χ1) is 13.5. The summed E-state index contributed by atoms with van der Waals surface area (Å²) in [6.45, 7) is 5.06. The average molecular weight is 383 g/mol. The molecule has 3 rings (SSSR count). The Morgan fingerprint density at radius 3 is 2.43 bits per heavy atom. The Balaban J connectivity index is 1.69. The van der Waals surface area contributed by atoms with Crippen molar-refractivity contribution in [2.75, 3.05) is 27.4 Å². The maximum Gasteiger partial charge on any atom is 0.261 e. The van der Waals surface area contributed by atoms with E-state index in [-0.39, 0.29) is 18.6 Å². The summed E-state index contributed by atoms with van der Waals surface area (Å²) >= 11 is 0. The second-order valence-electron chi connectivity index (χ2n) is 7.37. The molecule has 1 heterocycles. The second kappa shape index (κ2) is 9.00. The number of nitrogens with zero attached hydrogens (tertiary/aromatic N) is 1. The third kappa shape index (κ3) is 4.41. The molecule has 0 aliphatic carbocycles. The molecule has 0 saturated carbocycles. The van der Waals surface area contributed by atoms with Crippen molar-refractivity contribution in [2.24, 2.45) is 0 Å². The fourth-order valence-electron chi connectivity index (χ4n) is 3.67. The van der Waals surface area contributed by atoms with Crippen molar-refractivity contribution in [1.82, 2.24) is 4.90 Å². The highest BCUT2D eigenvalue weighted by atomic mass is 16.5. The number of hydrogen-bond donors (Lipinski definition) is 0. The van der Waals surface area contributed by atoms with E-state index in [0.29, 0.717) is 11.7 Å². The van der Waals surface area contributed by atoms with Crippen LogP contribution in [0, 0.1) is 0 Å². The van der Waals surface area contributed by atoms with E-state index in [1.54, 1.807) is 14.2 Å². The number of hydrogen-bond acceptors (Lipinski definition) is 4. The number of benzene rings is 2. The lowest BCUT2D eigenvalue weighted by Crippen LogP contribution is -2.34. The summed E-state index contributed by atoms with van der Waals surface area (Å²) in [7, 11) is 3.29. The second-order valence-corrected chi connectivity index (χ2v) is 7.37. The van der Waals surface area contributed by atoms with Crippen molar-refractivity contribution in [1.29, 1.82) is 0 Å². The zero-order valence-corrected chi connectivity index (χ0v) is 17.1. The van der Waals surface area contributed by atoms with Gasteiger partial charge in [0.1, 0.15) is 17.2 Å². The summed E-state index contributed by atoms with van der Waals surface area (Å²) in [6, 6.07) is 13.6. The van der Waals surface area contributed by atoms with Crippen LogP contribution in [0.2, 0.25) is 0 Å². The van der Waals surface area contributed by atoms with Gasteiger partial charge in [-0.2, -0.15) is 0 Å². The van der Waals surface area contributed by atoms with E-state index < -0.39 is 0 Å². The molecular weight excluding hydrogens is 354 g/mol. The normalized spacial score (nSPS) is 16.3. The lowest BCUT2D eigenvalue weighted by atomic mass is 10.0. The van der Waals surface area contributed by atoms with Gasteiger partial charge in [-0.3, -0.25) is 4.79 Å². The van der Waals surface area contributed by atoms with Gasteiger partial charge in [0.25, 0.3) is 5.91 Å². The Hall–Kier alpha value is -2.69. The summed E-state index contributed by atoms with van der Waals surface area (Å²) in [6.07, 6.45) is 1.86. The molecule has 0 aromatic heterocycles. The molecule has 0 spiro atoms. The first-order valence-corrected chi connectivity index (χ1v) is 9.77. The molecule has 0 radical (unpaired) electrons. The Bertz CT molecular complexity index is 801. The zero-order chi connectivity index (χ0) is 20.1. The average Bonchev–Trinajstić information content (AvgIpc) is 3.21. The molecule has 28 heavy (non-hydrogen) atoms. The number of amides is 1. The smallest absolute Gasteiger partial charge is 0.261 e. The van der Waals surface area contributed by atoms with Crippen LogP contribution in [0.25, 0.3) is 0 Å². The fourth-order valence-corrected chi connectivity index (χ4v) is 3.67. The van der Waals surface area contributed by atoms with Crippen molar-refractivity contribution < 1.29 is 19.0 Å². The van der Waals surface area contributed by atoms with Gasteiger partial charge < -0.3 is 19.1 Å². The summed E-state index contributed by atoms with van der Waals surface area (Å²) in [5.41, 5.74) is 2.23. The third-order valence-electron chi connectivity index (χ3n) is 5.28. The Morgan fingerprint density at radius 2 is 1.79 bits per heavy atom. The van der Waals surface area contributed by atoms with Crippen LogP contribution in [0.3, 0.4) is 0 Å². The quantitative estimate of drug-likeness (QED) is 0.703. The minimum Gasteiger partial charge on any atom is -0.497 e. The molecule has 1 amide bonds. The standard InChI is InChI=1S/C23H29NO4/c1-16(2)17-7-9-18(10-8-17)28-15-23(25)24-13-5-6-21(24)20-14-19(26-3)11-12-22(20)27-4/h7-12,14,16,21H,5-6,13,15H2,1-4H3. The predicted molar refractivity (Wildman–Crippen MR) is 109 cm³/mol. The van der Waals surface area contributed by atoms with Crippen LogP contribution >= 0.6 is 0 Å². The number of likely N-dealkylation sites (tertiary alicyclic amines) is 1. The van der Waals surface area contributed by atoms with Crippen LogP contribution in [-0.4, -0.2) is 38.2 Å². The van der Waals surface area contributed by atoms with Crippen LogP contribution in [0.4, 0.5) is 0 Å². The van der Waals surface area contributed by atoms with Crippen molar-refractivity contribution in [3.8, 4) is 17.2 Å². The fraction of sp³-hybridized carbons (Fsp3) is 0.435. The van der Waals surface area contributed by atoms with Gasteiger partial charge >= 0.3 is 0 Å². The molecule has 150 valence electrons. The van der Waals surface area contributed by atoms with E-state index in [2.05, 4.69) is 13.8 Å². The maximum absolute atomic E-state index is 12.9. The number of ether oxygens (including phenoxy) is 3. The number of carbonyl (C=O) groups excluding carboxylic acids is 1. The first-order valence-electron chi connectivity index (χ1n) is 9.77. The predicted octanol–water partition coefficient (Wildman–Crippen LogP) is 4.57. The summed E-state index contributed by atoms with van der Waals surface area (Å²) in [5, 5.41) is 0. The zero-order valence-electron chi connectivity index (χ0n) is 17.1. The van der Waals surface area contributed by atoms with Crippen LogP contribution in [-0.2, 0) is 4.79 Å². The first kappa shape index (κ1) is 20.1. The van der Waals surface area contributed by atoms with Gasteiger partial charge in [0.2, 0.25) is 0 Å². The highest BCUT2D eigenvalue weighted by Crippen LogP contribution is 2.39. The minimum absolute atomic E-state index is 0.0136. The maximum atomic E-state index is 12.9. The highest BCUT2D eigenvalue weighted by Gasteiger charge is 2.32. The Kier molecular flexibility index (Phi) is 6.45. The van der Waals surface area contributed by atoms with E-state index in [1.807, 2.05) is 47.4 Å². The molecule has 1 unspecified atom stereocenters. The lowest BCUT2D eigenvalue weighted by molar-refractivity contribution is -0.134. The van der Waals surface area contributed by atoms with E-state index in [0.717, 1.165) is 36.4 Å². The topological polar surface area (TPSA) is 48.0 Å². The monoisotopic (exact) mass is 383 g/mol. The van der Waals surface area contributed by atoms with Crippen molar-refractivity contribution in [3.05, 3.63) is 53.6 Å². The molecule has 0 N–H and O–H groups in total. The molecule has 1 aliphatic rings. The lowest BCUT2D eigenvalue weighted by Gasteiger charge is -2.26. The Labute approximate surface area is 167 Å². The molecule has 2 aromatic rings. The number of methoxy groups -OCH3 is 2. The molecule has 1 aliphatic heterocycles. The summed E-state index contributed by atoms with van der Waals surface area (Å²) in [5.74, 6) is 2.71. The third-order valence-corrected chi connectivity index (χ3v) is 5.28. The SMILES string of the molecule is COc1ccc(OC)c(C2CCCN2C(=O)COc2ccc(C(C)C)cc2)c1. The highest BCUT2D eigenvalue weighted by molar-refractivity contribution is 5.78. The van der Waals surface area contributed by atoms with Crippen molar-refractivity contribution in [3.63, 3.8) is 0 Å². The van der Waals surface area contributed by atoms with Crippen molar-refractivity contribution in [2.45, 2.75) is 38.6 Å². The molecule has 2 aromatic carbocycles. The molecule has 1 atom stereocenters. The van der Waals surface area contributed by atoms with Gasteiger partial charge in [-0.1, -0.05) is 26.0 Å². The van der Waals surface area contributed by atoms with Gasteiger partial charge in [0, 0.05) is 12.1 Å². The number of carbonyl (C=O) groups is 1. The molecular formula is C23H29NO4. The van der Waals surface area contributed by atoms with E-state index >= 15 is 0 Å². The van der Waals surface area contributed by atoms with Gasteiger partial charge in [-0.05, 0) is 54.7 Å². The number of rotatable bonds is 7. The van der Waals surface area contributed by atoms with Gasteiger partial charge in [0.15, 0.2) is 6.61 Å². The molecule has 1 fully saturated rings. The largest absolute Gasteiger partial charge is 0.497 e.